The van der Waals surface area contributed by atoms with Crippen LogP contribution in [0.15, 0.2) is 24.3 Å². The van der Waals surface area contributed by atoms with Gasteiger partial charge in [-0.3, -0.25) is 0 Å². The number of rotatable bonds is 4. The van der Waals surface area contributed by atoms with E-state index in [9.17, 15) is 0 Å². The Morgan fingerprint density at radius 1 is 1.27 bits per heavy atom. The second-order valence-corrected chi connectivity index (χ2v) is 3.78. The Morgan fingerprint density at radius 3 is 2.40 bits per heavy atom. The van der Waals surface area contributed by atoms with Crippen LogP contribution in [-0.2, 0) is 6.54 Å². The fourth-order valence-electron chi connectivity index (χ4n) is 1.53. The molecule has 0 saturated heterocycles. The summed E-state index contributed by atoms with van der Waals surface area (Å²) in [7, 11) is 0. The van der Waals surface area contributed by atoms with Crippen LogP contribution in [0.3, 0.4) is 0 Å². The summed E-state index contributed by atoms with van der Waals surface area (Å²) in [6, 6.07) is 7.81. The summed E-state index contributed by atoms with van der Waals surface area (Å²) in [6.07, 6.45) is 1.45. The fourth-order valence-corrected chi connectivity index (χ4v) is 1.53. The first-order chi connectivity index (χ1) is 7.25. The van der Waals surface area contributed by atoms with Gasteiger partial charge in [0.2, 0.25) is 0 Å². The molecule has 4 heteroatoms. The SMILES string of the molecule is C[C@H](O)CCCn1nc2ccccc2n1. The summed E-state index contributed by atoms with van der Waals surface area (Å²) in [5, 5.41) is 17.8. The van der Waals surface area contributed by atoms with Crippen LogP contribution < -0.4 is 0 Å². The van der Waals surface area contributed by atoms with E-state index in [4.69, 9.17) is 5.11 Å². The minimum absolute atomic E-state index is 0.241. The van der Waals surface area contributed by atoms with Gasteiger partial charge < -0.3 is 5.11 Å². The highest BCUT2D eigenvalue weighted by Gasteiger charge is 2.01. The molecule has 0 aliphatic rings. The van der Waals surface area contributed by atoms with Crippen LogP contribution in [0.1, 0.15) is 19.8 Å². The Balaban J connectivity index is 2.03. The summed E-state index contributed by atoms with van der Waals surface area (Å²) < 4.78 is 0. The third-order valence-corrected chi connectivity index (χ3v) is 2.31. The maximum Gasteiger partial charge on any atom is 0.113 e. The van der Waals surface area contributed by atoms with Crippen molar-refractivity contribution in [3.05, 3.63) is 24.3 Å². The minimum atomic E-state index is -0.241. The molecule has 0 fully saturated rings. The molecule has 0 saturated carbocycles. The van der Waals surface area contributed by atoms with E-state index >= 15 is 0 Å². The van der Waals surface area contributed by atoms with Crippen molar-refractivity contribution in [3.8, 4) is 0 Å². The smallest absolute Gasteiger partial charge is 0.113 e. The number of nitrogens with zero attached hydrogens (tertiary/aromatic N) is 3. The third kappa shape index (κ3) is 2.53. The van der Waals surface area contributed by atoms with Gasteiger partial charge >= 0.3 is 0 Å². The molecule has 1 heterocycles. The lowest BCUT2D eigenvalue weighted by molar-refractivity contribution is 0.178. The predicted molar refractivity (Wildman–Crippen MR) is 58.4 cm³/mol. The molecule has 15 heavy (non-hydrogen) atoms. The molecule has 0 amide bonds. The van der Waals surface area contributed by atoms with Gasteiger partial charge in [-0.05, 0) is 31.9 Å². The zero-order chi connectivity index (χ0) is 10.7. The van der Waals surface area contributed by atoms with E-state index in [2.05, 4.69) is 10.2 Å². The lowest BCUT2D eigenvalue weighted by Crippen LogP contribution is -2.06. The fraction of sp³-hybridized carbons (Fsp3) is 0.455. The summed E-state index contributed by atoms with van der Waals surface area (Å²) in [5.74, 6) is 0. The first-order valence-corrected chi connectivity index (χ1v) is 5.23. The lowest BCUT2D eigenvalue weighted by Gasteiger charge is -2.02. The van der Waals surface area contributed by atoms with Crippen molar-refractivity contribution >= 4 is 11.0 Å². The molecule has 1 aromatic carbocycles. The highest BCUT2D eigenvalue weighted by Crippen LogP contribution is 2.07. The van der Waals surface area contributed by atoms with Gasteiger partial charge in [-0.1, -0.05) is 12.1 Å². The molecule has 2 aromatic rings. The zero-order valence-corrected chi connectivity index (χ0v) is 8.80. The molecule has 0 aliphatic carbocycles. The van der Waals surface area contributed by atoms with Crippen LogP contribution in [0.25, 0.3) is 11.0 Å². The van der Waals surface area contributed by atoms with Crippen LogP contribution in [0.4, 0.5) is 0 Å². The molecule has 1 aromatic heterocycles. The average Bonchev–Trinajstić information content (AvgIpc) is 2.59. The van der Waals surface area contributed by atoms with Crippen LogP contribution in [0.2, 0.25) is 0 Å². The second kappa shape index (κ2) is 4.40. The van der Waals surface area contributed by atoms with Crippen molar-refractivity contribution in [3.63, 3.8) is 0 Å². The van der Waals surface area contributed by atoms with E-state index in [1.54, 1.807) is 11.7 Å². The summed E-state index contributed by atoms with van der Waals surface area (Å²) >= 11 is 0. The molecular weight excluding hydrogens is 190 g/mol. The van der Waals surface area contributed by atoms with Crippen molar-refractivity contribution in [1.29, 1.82) is 0 Å². The number of aromatic nitrogens is 3. The van der Waals surface area contributed by atoms with Crippen LogP contribution in [0, 0.1) is 0 Å². The Kier molecular flexibility index (Phi) is 2.97. The molecule has 0 aliphatic heterocycles. The number of aryl methyl sites for hydroxylation is 1. The molecule has 0 spiro atoms. The van der Waals surface area contributed by atoms with E-state index in [0.717, 1.165) is 30.4 Å². The predicted octanol–water partition coefficient (Wildman–Crippen LogP) is 1.59. The first kappa shape index (κ1) is 10.1. The van der Waals surface area contributed by atoms with Gasteiger partial charge in [0.1, 0.15) is 11.0 Å². The normalized spacial score (nSPS) is 13.2. The summed E-state index contributed by atoms with van der Waals surface area (Å²) in [4.78, 5) is 1.70. The lowest BCUT2D eigenvalue weighted by atomic mass is 10.2. The maximum absolute atomic E-state index is 9.12. The molecule has 0 unspecified atom stereocenters. The van der Waals surface area contributed by atoms with Gasteiger partial charge in [-0.15, -0.1) is 0 Å². The molecule has 0 radical (unpaired) electrons. The number of fused-ring (bicyclic) bond motifs is 1. The zero-order valence-electron chi connectivity index (χ0n) is 8.80. The van der Waals surface area contributed by atoms with Crippen molar-refractivity contribution < 1.29 is 5.11 Å². The standard InChI is InChI=1S/C11H15N3O/c1-9(15)5-4-8-14-12-10-6-2-3-7-11(10)13-14/h2-3,6-7,9,15H,4-5,8H2,1H3/t9-/m0/s1. The Labute approximate surface area is 88.5 Å². The van der Waals surface area contributed by atoms with Crippen molar-refractivity contribution in [1.82, 2.24) is 15.0 Å². The van der Waals surface area contributed by atoms with Crippen LogP contribution >= 0.6 is 0 Å². The Morgan fingerprint density at radius 2 is 1.87 bits per heavy atom. The average molecular weight is 205 g/mol. The number of hydrogen-bond acceptors (Lipinski definition) is 3. The number of aliphatic hydroxyl groups excluding tert-OH is 1. The summed E-state index contributed by atoms with van der Waals surface area (Å²) in [6.45, 7) is 2.56. The molecule has 4 nitrogen and oxygen atoms in total. The molecule has 80 valence electrons. The van der Waals surface area contributed by atoms with Gasteiger partial charge in [0.25, 0.3) is 0 Å². The van der Waals surface area contributed by atoms with E-state index in [0.29, 0.717) is 0 Å². The van der Waals surface area contributed by atoms with Gasteiger partial charge in [0, 0.05) is 0 Å². The third-order valence-electron chi connectivity index (χ3n) is 2.31. The van der Waals surface area contributed by atoms with Crippen molar-refractivity contribution in [2.45, 2.75) is 32.4 Å². The molecule has 0 bridgehead atoms. The highest BCUT2D eigenvalue weighted by molar-refractivity contribution is 5.72. The van der Waals surface area contributed by atoms with E-state index in [1.807, 2.05) is 24.3 Å². The number of hydrogen-bond donors (Lipinski definition) is 1. The molecule has 2 rings (SSSR count). The first-order valence-electron chi connectivity index (χ1n) is 5.23. The number of benzene rings is 1. The largest absolute Gasteiger partial charge is 0.393 e. The van der Waals surface area contributed by atoms with Gasteiger partial charge in [-0.2, -0.15) is 15.0 Å². The Hall–Kier alpha value is -1.42. The van der Waals surface area contributed by atoms with Crippen molar-refractivity contribution in [2.24, 2.45) is 0 Å². The Bertz CT molecular complexity index is 403. The van der Waals surface area contributed by atoms with Gasteiger partial charge in [0.05, 0.1) is 12.6 Å². The quantitative estimate of drug-likeness (QED) is 0.824. The molecule has 1 N–H and O–H groups in total. The van der Waals surface area contributed by atoms with E-state index in [-0.39, 0.29) is 6.10 Å². The van der Waals surface area contributed by atoms with E-state index in [1.165, 1.54) is 0 Å². The summed E-state index contributed by atoms with van der Waals surface area (Å²) in [5.41, 5.74) is 1.85. The topological polar surface area (TPSA) is 50.9 Å². The highest BCUT2D eigenvalue weighted by atomic mass is 16.3. The minimum Gasteiger partial charge on any atom is -0.393 e. The maximum atomic E-state index is 9.12. The monoisotopic (exact) mass is 205 g/mol. The van der Waals surface area contributed by atoms with Crippen molar-refractivity contribution in [2.75, 3.05) is 0 Å². The van der Waals surface area contributed by atoms with Gasteiger partial charge in [0.15, 0.2) is 0 Å². The van der Waals surface area contributed by atoms with E-state index < -0.39 is 0 Å². The second-order valence-electron chi connectivity index (χ2n) is 3.78. The molecule has 1 atom stereocenters. The number of aliphatic hydroxyl groups is 1. The van der Waals surface area contributed by atoms with Gasteiger partial charge in [-0.25, -0.2) is 0 Å². The molecular formula is C11H15N3O. The van der Waals surface area contributed by atoms with Crippen LogP contribution in [-0.4, -0.2) is 26.2 Å². The van der Waals surface area contributed by atoms with Crippen LogP contribution in [0.5, 0.6) is 0 Å².